The average Bonchev–Trinajstić information content (AvgIpc) is 2.01. The third-order valence-electron chi connectivity index (χ3n) is 0.879. The standard InChI is InChI=1S/C6H14O3.CH6N2/c1-5(8)4-9-6(2)3-7;1-3-2/h5-8H,3-4H2,1-2H3;3H,2H2,1H3. The molecule has 0 spiro atoms. The van der Waals surface area contributed by atoms with Crippen molar-refractivity contribution in [3.05, 3.63) is 0 Å². The van der Waals surface area contributed by atoms with Gasteiger partial charge in [0.15, 0.2) is 0 Å². The fraction of sp³-hybridized carbons (Fsp3) is 1.00. The smallest absolute Gasteiger partial charge is 0.0779 e. The van der Waals surface area contributed by atoms with Gasteiger partial charge >= 0.3 is 0 Å². The van der Waals surface area contributed by atoms with E-state index in [2.05, 4.69) is 11.3 Å². The van der Waals surface area contributed by atoms with Crippen LogP contribution in [0.25, 0.3) is 0 Å². The first kappa shape index (κ1) is 14.3. The lowest BCUT2D eigenvalue weighted by molar-refractivity contribution is -0.0177. The predicted molar refractivity (Wildman–Crippen MR) is 47.4 cm³/mol. The van der Waals surface area contributed by atoms with E-state index < -0.39 is 6.10 Å². The summed E-state index contributed by atoms with van der Waals surface area (Å²) in [6.07, 6.45) is -0.612. The Labute approximate surface area is 73.5 Å². The zero-order chi connectivity index (χ0) is 9.98. The summed E-state index contributed by atoms with van der Waals surface area (Å²) in [5, 5.41) is 17.1. The molecule has 0 fully saturated rings. The fourth-order valence-electron chi connectivity index (χ4n) is 0.356. The molecule has 0 heterocycles. The maximum absolute atomic E-state index is 8.69. The maximum Gasteiger partial charge on any atom is 0.0779 e. The van der Waals surface area contributed by atoms with Gasteiger partial charge in [-0.25, -0.2) is 0 Å². The molecule has 0 aromatic heterocycles. The molecule has 2 atom stereocenters. The van der Waals surface area contributed by atoms with Crippen LogP contribution in [0.5, 0.6) is 0 Å². The molecule has 0 rings (SSSR count). The number of aliphatic hydroxyl groups is 2. The van der Waals surface area contributed by atoms with Crippen molar-refractivity contribution in [1.29, 1.82) is 0 Å². The molecule has 0 aliphatic rings. The maximum atomic E-state index is 8.69. The van der Waals surface area contributed by atoms with Crippen LogP contribution in [0.3, 0.4) is 0 Å². The molecule has 5 heteroatoms. The molecule has 5 nitrogen and oxygen atoms in total. The summed E-state index contributed by atoms with van der Waals surface area (Å²) in [5.74, 6) is 4.60. The molecule has 0 saturated carbocycles. The van der Waals surface area contributed by atoms with Gasteiger partial charge in [-0.1, -0.05) is 0 Å². The summed E-state index contributed by atoms with van der Waals surface area (Å²) in [7, 11) is 1.65. The Kier molecular flexibility index (Phi) is 12.9. The highest BCUT2D eigenvalue weighted by Crippen LogP contribution is 1.90. The Hall–Kier alpha value is -0.200. The number of nitrogens with two attached hydrogens (primary N) is 1. The van der Waals surface area contributed by atoms with E-state index in [1.807, 2.05) is 0 Å². The summed E-state index contributed by atoms with van der Waals surface area (Å²) >= 11 is 0. The lowest BCUT2D eigenvalue weighted by atomic mass is 10.4. The largest absolute Gasteiger partial charge is 0.394 e. The van der Waals surface area contributed by atoms with E-state index in [-0.39, 0.29) is 12.7 Å². The molecule has 0 radical (unpaired) electrons. The summed E-state index contributed by atoms with van der Waals surface area (Å²) < 4.78 is 4.95. The summed E-state index contributed by atoms with van der Waals surface area (Å²) in [6, 6.07) is 0. The monoisotopic (exact) mass is 180 g/mol. The minimum absolute atomic E-state index is 0.00667. The molecule has 0 aliphatic heterocycles. The third kappa shape index (κ3) is 16.4. The molecular weight excluding hydrogens is 160 g/mol. The molecule has 0 aliphatic carbocycles. The lowest BCUT2D eigenvalue weighted by Crippen LogP contribution is -2.19. The average molecular weight is 180 g/mol. The number of hydrogen-bond donors (Lipinski definition) is 4. The summed E-state index contributed by atoms with van der Waals surface area (Å²) in [6.45, 7) is 3.70. The van der Waals surface area contributed by atoms with Gasteiger partial charge < -0.3 is 14.9 Å². The van der Waals surface area contributed by atoms with Crippen molar-refractivity contribution < 1.29 is 14.9 Å². The fourth-order valence-corrected chi connectivity index (χ4v) is 0.356. The van der Waals surface area contributed by atoms with Gasteiger partial charge in [0.1, 0.15) is 0 Å². The second-order valence-corrected chi connectivity index (χ2v) is 2.46. The third-order valence-corrected chi connectivity index (χ3v) is 0.879. The van der Waals surface area contributed by atoms with E-state index in [9.17, 15) is 0 Å². The van der Waals surface area contributed by atoms with Gasteiger partial charge in [-0.15, -0.1) is 0 Å². The molecule has 0 aromatic carbocycles. The Morgan fingerprint density at radius 2 is 1.92 bits per heavy atom. The molecule has 0 amide bonds. The number of aliphatic hydroxyl groups excluding tert-OH is 2. The molecule has 76 valence electrons. The molecule has 12 heavy (non-hydrogen) atoms. The number of hydrazine groups is 1. The van der Waals surface area contributed by atoms with Crippen molar-refractivity contribution in [1.82, 2.24) is 5.43 Å². The summed E-state index contributed by atoms with van der Waals surface area (Å²) in [4.78, 5) is 0. The van der Waals surface area contributed by atoms with Gasteiger partial charge in [0.05, 0.1) is 25.4 Å². The van der Waals surface area contributed by atoms with Crippen molar-refractivity contribution in [3.8, 4) is 0 Å². The van der Waals surface area contributed by atoms with Crippen LogP contribution in [0.2, 0.25) is 0 Å². The Morgan fingerprint density at radius 3 is 2.17 bits per heavy atom. The molecule has 0 bridgehead atoms. The van der Waals surface area contributed by atoms with Crippen molar-refractivity contribution in [2.75, 3.05) is 20.3 Å². The molecular formula is C7H20N2O3. The van der Waals surface area contributed by atoms with Crippen molar-refractivity contribution in [3.63, 3.8) is 0 Å². The first-order valence-electron chi connectivity index (χ1n) is 3.86. The lowest BCUT2D eigenvalue weighted by Gasteiger charge is -2.10. The van der Waals surface area contributed by atoms with Crippen LogP contribution in [0.4, 0.5) is 0 Å². The molecule has 2 unspecified atom stereocenters. The van der Waals surface area contributed by atoms with Crippen molar-refractivity contribution >= 4 is 0 Å². The van der Waals surface area contributed by atoms with Crippen LogP contribution >= 0.6 is 0 Å². The Balaban J connectivity index is 0. The first-order chi connectivity index (χ1) is 5.58. The predicted octanol–water partition coefficient (Wildman–Crippen LogP) is -1.16. The SMILES string of the molecule is CC(O)COC(C)CO.CNN. The number of nitrogens with one attached hydrogen (secondary N) is 1. The quantitative estimate of drug-likeness (QED) is 0.324. The Morgan fingerprint density at radius 1 is 1.50 bits per heavy atom. The highest BCUT2D eigenvalue weighted by Gasteiger charge is 2.00. The normalized spacial score (nSPS) is 14.5. The van der Waals surface area contributed by atoms with Crippen LogP contribution in [0.15, 0.2) is 0 Å². The van der Waals surface area contributed by atoms with Gasteiger partial charge in [0, 0.05) is 0 Å². The molecule has 0 saturated heterocycles. The zero-order valence-electron chi connectivity index (χ0n) is 7.95. The van der Waals surface area contributed by atoms with E-state index in [1.165, 1.54) is 0 Å². The van der Waals surface area contributed by atoms with Crippen LogP contribution in [-0.4, -0.2) is 42.7 Å². The van der Waals surface area contributed by atoms with Crippen molar-refractivity contribution in [2.45, 2.75) is 26.1 Å². The topological polar surface area (TPSA) is 87.7 Å². The zero-order valence-corrected chi connectivity index (χ0v) is 7.95. The first-order valence-corrected chi connectivity index (χ1v) is 3.86. The summed E-state index contributed by atoms with van der Waals surface area (Å²) in [5.41, 5.74) is 2.25. The van der Waals surface area contributed by atoms with Crippen molar-refractivity contribution in [2.24, 2.45) is 5.84 Å². The minimum Gasteiger partial charge on any atom is -0.394 e. The second-order valence-electron chi connectivity index (χ2n) is 2.46. The van der Waals surface area contributed by atoms with E-state index in [1.54, 1.807) is 20.9 Å². The highest BCUT2D eigenvalue weighted by molar-refractivity contribution is 4.47. The van der Waals surface area contributed by atoms with Crippen LogP contribution in [0, 0.1) is 0 Å². The van der Waals surface area contributed by atoms with E-state index in [0.29, 0.717) is 6.61 Å². The molecule has 0 aromatic rings. The highest BCUT2D eigenvalue weighted by atomic mass is 16.5. The van der Waals surface area contributed by atoms with Gasteiger partial charge in [-0.2, -0.15) is 0 Å². The molecule has 5 N–H and O–H groups in total. The van der Waals surface area contributed by atoms with Gasteiger partial charge in [0.2, 0.25) is 0 Å². The number of hydrogen-bond acceptors (Lipinski definition) is 5. The van der Waals surface area contributed by atoms with Gasteiger partial charge in [-0.3, -0.25) is 11.3 Å². The van der Waals surface area contributed by atoms with Crippen LogP contribution in [0.1, 0.15) is 13.8 Å². The van der Waals surface area contributed by atoms with E-state index in [4.69, 9.17) is 14.9 Å². The minimum atomic E-state index is -0.445. The Bertz CT molecular complexity index is 81.1. The second kappa shape index (κ2) is 10.8. The van der Waals surface area contributed by atoms with Crippen LogP contribution < -0.4 is 11.3 Å². The van der Waals surface area contributed by atoms with Crippen LogP contribution in [-0.2, 0) is 4.74 Å². The number of ether oxygens (including phenoxy) is 1. The van der Waals surface area contributed by atoms with E-state index in [0.717, 1.165) is 0 Å². The number of rotatable bonds is 4. The van der Waals surface area contributed by atoms with Gasteiger partial charge in [0.25, 0.3) is 0 Å². The van der Waals surface area contributed by atoms with E-state index >= 15 is 0 Å². The van der Waals surface area contributed by atoms with Gasteiger partial charge in [-0.05, 0) is 20.9 Å².